The van der Waals surface area contributed by atoms with Crippen molar-refractivity contribution < 1.29 is 22.7 Å². The minimum Gasteiger partial charge on any atom is -0.481 e. The molecule has 0 saturated carbocycles. The summed E-state index contributed by atoms with van der Waals surface area (Å²) in [6.45, 7) is -2.85. The first-order valence-corrected chi connectivity index (χ1v) is 8.08. The van der Waals surface area contributed by atoms with Crippen LogP contribution >= 0.6 is 0 Å². The summed E-state index contributed by atoms with van der Waals surface area (Å²) in [5, 5.41) is 0. The molecule has 136 valence electrons. The number of pyridine rings is 2. The van der Waals surface area contributed by atoms with Gasteiger partial charge in [0.2, 0.25) is 5.88 Å². The van der Waals surface area contributed by atoms with E-state index in [9.17, 15) is 8.78 Å². The zero-order valence-electron chi connectivity index (χ0n) is 14.2. The summed E-state index contributed by atoms with van der Waals surface area (Å²) in [5.74, 6) is 1.19. The molecular formula is C20H14F2N2O3. The third kappa shape index (κ3) is 3.44. The van der Waals surface area contributed by atoms with Gasteiger partial charge in [-0.25, -0.2) is 4.98 Å². The summed E-state index contributed by atoms with van der Waals surface area (Å²) >= 11 is 0. The molecule has 0 fully saturated rings. The molecule has 5 nitrogen and oxygen atoms in total. The number of methoxy groups -OCH3 is 1. The molecular weight excluding hydrogens is 354 g/mol. The summed E-state index contributed by atoms with van der Waals surface area (Å²) in [5.41, 5.74) is 3.75. The fraction of sp³-hybridized carbons (Fsp3) is 0.100. The van der Waals surface area contributed by atoms with Gasteiger partial charge in [-0.3, -0.25) is 4.98 Å². The van der Waals surface area contributed by atoms with E-state index in [1.54, 1.807) is 43.8 Å². The van der Waals surface area contributed by atoms with Gasteiger partial charge in [-0.05, 0) is 36.4 Å². The smallest absolute Gasteiger partial charge is 0.387 e. The number of halogens is 2. The molecule has 0 aliphatic rings. The van der Waals surface area contributed by atoms with Gasteiger partial charge in [0.05, 0.1) is 7.11 Å². The normalized spacial score (nSPS) is 11.1. The van der Waals surface area contributed by atoms with Crippen LogP contribution in [0.15, 0.2) is 65.3 Å². The maximum Gasteiger partial charge on any atom is 0.387 e. The van der Waals surface area contributed by atoms with Crippen molar-refractivity contribution in [3.05, 3.63) is 60.9 Å². The molecule has 3 heterocycles. The van der Waals surface area contributed by atoms with E-state index in [2.05, 4.69) is 14.7 Å². The second-order valence-electron chi connectivity index (χ2n) is 5.68. The number of ether oxygens (including phenoxy) is 2. The van der Waals surface area contributed by atoms with Crippen molar-refractivity contribution in [2.24, 2.45) is 0 Å². The van der Waals surface area contributed by atoms with Crippen LogP contribution in [0.1, 0.15) is 0 Å². The maximum absolute atomic E-state index is 12.3. The number of alkyl halides is 2. The highest BCUT2D eigenvalue weighted by atomic mass is 19.3. The van der Waals surface area contributed by atoms with E-state index >= 15 is 0 Å². The summed E-state index contributed by atoms with van der Waals surface area (Å²) in [7, 11) is 1.56. The highest BCUT2D eigenvalue weighted by molar-refractivity contribution is 5.92. The maximum atomic E-state index is 12.3. The van der Waals surface area contributed by atoms with Gasteiger partial charge in [-0.15, -0.1) is 0 Å². The Morgan fingerprint density at radius 1 is 0.963 bits per heavy atom. The molecule has 0 saturated heterocycles. The van der Waals surface area contributed by atoms with Crippen LogP contribution in [0.2, 0.25) is 0 Å². The topological polar surface area (TPSA) is 57.4 Å². The van der Waals surface area contributed by atoms with Crippen LogP contribution in [0.5, 0.6) is 11.6 Å². The lowest BCUT2D eigenvalue weighted by Gasteiger charge is -2.04. The number of furan rings is 1. The molecule has 27 heavy (non-hydrogen) atoms. The Labute approximate surface area is 153 Å². The van der Waals surface area contributed by atoms with Crippen molar-refractivity contribution in [3.63, 3.8) is 0 Å². The fourth-order valence-electron chi connectivity index (χ4n) is 2.77. The Kier molecular flexibility index (Phi) is 4.42. The first-order chi connectivity index (χ1) is 13.1. The van der Waals surface area contributed by atoms with Crippen LogP contribution < -0.4 is 9.47 Å². The average molecular weight is 368 g/mol. The van der Waals surface area contributed by atoms with Crippen LogP contribution in [0, 0.1) is 0 Å². The SMILES string of the molecule is COc1ccc(-c2ccnc3cc(-c4ccc(OC(F)F)cc4)oc23)cn1. The van der Waals surface area contributed by atoms with Crippen LogP contribution in [0.4, 0.5) is 8.78 Å². The molecule has 0 bridgehead atoms. The van der Waals surface area contributed by atoms with Crippen LogP contribution in [0.3, 0.4) is 0 Å². The van der Waals surface area contributed by atoms with Crippen molar-refractivity contribution >= 4 is 11.1 Å². The summed E-state index contributed by atoms with van der Waals surface area (Å²) in [4.78, 5) is 8.56. The lowest BCUT2D eigenvalue weighted by molar-refractivity contribution is -0.0498. The van der Waals surface area contributed by atoms with Crippen molar-refractivity contribution in [1.29, 1.82) is 0 Å². The molecule has 0 radical (unpaired) electrons. The van der Waals surface area contributed by atoms with Gasteiger partial charge in [0.25, 0.3) is 0 Å². The van der Waals surface area contributed by atoms with E-state index in [4.69, 9.17) is 9.15 Å². The molecule has 1 aromatic carbocycles. The molecule has 0 aliphatic heterocycles. The minimum absolute atomic E-state index is 0.0907. The van der Waals surface area contributed by atoms with Gasteiger partial charge >= 0.3 is 6.61 Å². The standard InChI is InChI=1S/C20H14F2N2O3/c1-25-18-7-4-13(11-24-18)15-8-9-23-16-10-17(27-19(15)16)12-2-5-14(6-3-12)26-20(21)22/h2-11,20H,1H3. The van der Waals surface area contributed by atoms with Gasteiger partial charge in [0, 0.05) is 41.2 Å². The highest BCUT2D eigenvalue weighted by Gasteiger charge is 2.13. The Morgan fingerprint density at radius 2 is 1.74 bits per heavy atom. The first-order valence-electron chi connectivity index (χ1n) is 8.08. The summed E-state index contributed by atoms with van der Waals surface area (Å²) in [6.07, 6.45) is 3.40. The number of hydrogen-bond donors (Lipinski definition) is 0. The Hall–Kier alpha value is -3.48. The van der Waals surface area contributed by atoms with Gasteiger partial charge in [0.15, 0.2) is 5.58 Å². The summed E-state index contributed by atoms with van der Waals surface area (Å²) in [6, 6.07) is 13.6. The molecule has 0 amide bonds. The molecule has 0 spiro atoms. The fourth-order valence-corrected chi connectivity index (χ4v) is 2.77. The minimum atomic E-state index is -2.85. The average Bonchev–Trinajstić information content (AvgIpc) is 3.12. The van der Waals surface area contributed by atoms with Crippen molar-refractivity contribution in [1.82, 2.24) is 9.97 Å². The number of aromatic nitrogens is 2. The second kappa shape index (κ2) is 7.03. The van der Waals surface area contributed by atoms with E-state index < -0.39 is 6.61 Å². The first kappa shape index (κ1) is 17.0. The lowest BCUT2D eigenvalue weighted by atomic mass is 10.1. The number of rotatable bonds is 5. The largest absolute Gasteiger partial charge is 0.481 e. The predicted octanol–water partition coefficient (Wildman–Crippen LogP) is 5.17. The number of fused-ring (bicyclic) bond motifs is 1. The molecule has 4 rings (SSSR count). The molecule has 7 heteroatoms. The molecule has 0 atom stereocenters. The van der Waals surface area contributed by atoms with Gasteiger partial charge in [0.1, 0.15) is 17.0 Å². The van der Waals surface area contributed by atoms with Crippen LogP contribution in [-0.4, -0.2) is 23.7 Å². The van der Waals surface area contributed by atoms with E-state index in [-0.39, 0.29) is 5.75 Å². The molecule has 0 N–H and O–H groups in total. The second-order valence-corrected chi connectivity index (χ2v) is 5.68. The number of benzene rings is 1. The third-order valence-corrected chi connectivity index (χ3v) is 4.03. The zero-order valence-corrected chi connectivity index (χ0v) is 14.2. The van der Waals surface area contributed by atoms with Crippen LogP contribution in [-0.2, 0) is 0 Å². The van der Waals surface area contributed by atoms with Gasteiger partial charge < -0.3 is 13.9 Å². The predicted molar refractivity (Wildman–Crippen MR) is 95.9 cm³/mol. The van der Waals surface area contributed by atoms with Gasteiger partial charge in [-0.1, -0.05) is 0 Å². The summed E-state index contributed by atoms with van der Waals surface area (Å²) < 4.78 is 40.0. The monoisotopic (exact) mass is 368 g/mol. The Morgan fingerprint density at radius 3 is 2.41 bits per heavy atom. The van der Waals surface area contributed by atoms with Crippen molar-refractivity contribution in [2.75, 3.05) is 7.11 Å². The lowest BCUT2D eigenvalue weighted by Crippen LogP contribution is -2.01. The highest BCUT2D eigenvalue weighted by Crippen LogP contribution is 2.34. The van der Waals surface area contributed by atoms with Gasteiger partial charge in [-0.2, -0.15) is 8.78 Å². The Bertz CT molecular complexity index is 1060. The number of nitrogens with zero attached hydrogens (tertiary/aromatic N) is 2. The van der Waals surface area contributed by atoms with Crippen LogP contribution in [0.25, 0.3) is 33.6 Å². The van der Waals surface area contributed by atoms with E-state index in [1.165, 1.54) is 12.1 Å². The van der Waals surface area contributed by atoms with E-state index in [0.29, 0.717) is 22.7 Å². The Balaban J connectivity index is 1.72. The quantitative estimate of drug-likeness (QED) is 0.487. The van der Waals surface area contributed by atoms with E-state index in [0.717, 1.165) is 16.7 Å². The molecule has 3 aromatic heterocycles. The molecule has 0 aliphatic carbocycles. The number of hydrogen-bond acceptors (Lipinski definition) is 5. The zero-order chi connectivity index (χ0) is 18.8. The van der Waals surface area contributed by atoms with E-state index in [1.807, 2.05) is 12.1 Å². The van der Waals surface area contributed by atoms with Crippen molar-refractivity contribution in [2.45, 2.75) is 6.61 Å². The molecule has 4 aromatic rings. The molecule has 0 unspecified atom stereocenters. The third-order valence-electron chi connectivity index (χ3n) is 4.03. The van der Waals surface area contributed by atoms with Crippen molar-refractivity contribution in [3.8, 4) is 34.1 Å².